The van der Waals surface area contributed by atoms with Gasteiger partial charge in [-0.15, -0.1) is 6.58 Å². The first-order valence-electron chi connectivity index (χ1n) is 6.16. The van der Waals surface area contributed by atoms with E-state index in [4.69, 9.17) is 5.73 Å². The van der Waals surface area contributed by atoms with Gasteiger partial charge in [-0.3, -0.25) is 0 Å². The Morgan fingerprint density at radius 3 is 2.50 bits per heavy atom. The second-order valence-electron chi connectivity index (χ2n) is 4.16. The molecule has 0 radical (unpaired) electrons. The predicted octanol–water partition coefficient (Wildman–Crippen LogP) is 3.89. The Morgan fingerprint density at radius 2 is 1.93 bits per heavy atom. The minimum absolute atomic E-state index is 0.842. The molecule has 0 aliphatic heterocycles. The van der Waals surface area contributed by atoms with E-state index in [-0.39, 0.29) is 0 Å². The average molecular weight is 197 g/mol. The van der Waals surface area contributed by atoms with Gasteiger partial charge in [0.15, 0.2) is 0 Å². The van der Waals surface area contributed by atoms with E-state index in [9.17, 15) is 0 Å². The minimum atomic E-state index is 0.842. The maximum absolute atomic E-state index is 5.61. The van der Waals surface area contributed by atoms with E-state index in [1.54, 1.807) is 0 Å². The van der Waals surface area contributed by atoms with Crippen LogP contribution in [0.4, 0.5) is 0 Å². The summed E-state index contributed by atoms with van der Waals surface area (Å²) in [6.07, 6.45) is 12.5. The van der Waals surface area contributed by atoms with E-state index in [1.807, 2.05) is 6.08 Å². The maximum Gasteiger partial charge on any atom is -0.00746 e. The van der Waals surface area contributed by atoms with Crippen LogP contribution in [-0.2, 0) is 0 Å². The Kier molecular flexibility index (Phi) is 10.5. The molecule has 0 rings (SSSR count). The molecule has 0 fully saturated rings. The molecule has 0 saturated carbocycles. The highest BCUT2D eigenvalue weighted by atomic mass is 14.5. The molecule has 1 unspecified atom stereocenters. The highest BCUT2D eigenvalue weighted by Crippen LogP contribution is 2.19. The van der Waals surface area contributed by atoms with Crippen molar-refractivity contribution < 1.29 is 0 Å². The molecule has 0 heterocycles. The van der Waals surface area contributed by atoms with Gasteiger partial charge in [0.25, 0.3) is 0 Å². The zero-order chi connectivity index (χ0) is 10.6. The van der Waals surface area contributed by atoms with Crippen LogP contribution in [0.15, 0.2) is 12.7 Å². The largest absolute Gasteiger partial charge is 0.330 e. The lowest BCUT2D eigenvalue weighted by molar-refractivity contribution is 0.407. The van der Waals surface area contributed by atoms with Crippen LogP contribution in [0, 0.1) is 5.92 Å². The van der Waals surface area contributed by atoms with Crippen LogP contribution in [0.25, 0.3) is 0 Å². The van der Waals surface area contributed by atoms with E-state index < -0.39 is 0 Å². The highest BCUT2D eigenvalue weighted by Gasteiger charge is 2.05. The number of rotatable bonds is 10. The van der Waals surface area contributed by atoms with Crippen molar-refractivity contribution in [3.8, 4) is 0 Å². The SMILES string of the molecule is C=CCCC(CCN)CCCCCC. The monoisotopic (exact) mass is 197 g/mol. The van der Waals surface area contributed by atoms with Gasteiger partial charge in [-0.25, -0.2) is 0 Å². The first-order chi connectivity index (χ1) is 6.85. The summed E-state index contributed by atoms with van der Waals surface area (Å²) >= 11 is 0. The van der Waals surface area contributed by atoms with Crippen molar-refractivity contribution in [3.63, 3.8) is 0 Å². The summed E-state index contributed by atoms with van der Waals surface area (Å²) in [5, 5.41) is 0. The lowest BCUT2D eigenvalue weighted by atomic mass is 9.93. The summed E-state index contributed by atoms with van der Waals surface area (Å²) in [5.74, 6) is 0.842. The fourth-order valence-corrected chi connectivity index (χ4v) is 1.88. The van der Waals surface area contributed by atoms with Crippen LogP contribution < -0.4 is 5.73 Å². The van der Waals surface area contributed by atoms with Crippen molar-refractivity contribution in [2.45, 2.75) is 58.3 Å². The van der Waals surface area contributed by atoms with E-state index in [2.05, 4.69) is 13.5 Å². The van der Waals surface area contributed by atoms with Crippen LogP contribution >= 0.6 is 0 Å². The molecule has 0 spiro atoms. The minimum Gasteiger partial charge on any atom is -0.330 e. The Balaban J connectivity index is 3.45. The Morgan fingerprint density at radius 1 is 1.14 bits per heavy atom. The standard InChI is InChI=1S/C13H27N/c1-3-5-7-8-10-13(11-12-14)9-6-4-2/h4,13H,2-3,5-12,14H2,1H3. The summed E-state index contributed by atoms with van der Waals surface area (Å²) < 4.78 is 0. The molecule has 84 valence electrons. The summed E-state index contributed by atoms with van der Waals surface area (Å²) in [5.41, 5.74) is 5.61. The molecule has 1 nitrogen and oxygen atoms in total. The van der Waals surface area contributed by atoms with Crippen molar-refractivity contribution in [2.24, 2.45) is 11.7 Å². The van der Waals surface area contributed by atoms with Gasteiger partial charge >= 0.3 is 0 Å². The molecule has 0 amide bonds. The van der Waals surface area contributed by atoms with Gasteiger partial charge in [0.05, 0.1) is 0 Å². The number of allylic oxidation sites excluding steroid dienone is 1. The summed E-state index contributed by atoms with van der Waals surface area (Å²) in [6.45, 7) is 6.87. The fourth-order valence-electron chi connectivity index (χ4n) is 1.88. The third-order valence-electron chi connectivity index (χ3n) is 2.82. The molecule has 0 aliphatic rings. The molecule has 14 heavy (non-hydrogen) atoms. The second kappa shape index (κ2) is 10.8. The third kappa shape index (κ3) is 8.31. The van der Waals surface area contributed by atoms with Crippen molar-refractivity contribution >= 4 is 0 Å². The predicted molar refractivity (Wildman–Crippen MR) is 65.4 cm³/mol. The molecule has 0 aromatic heterocycles. The van der Waals surface area contributed by atoms with Crippen molar-refractivity contribution in [1.82, 2.24) is 0 Å². The number of unbranched alkanes of at least 4 members (excludes halogenated alkanes) is 3. The van der Waals surface area contributed by atoms with Crippen LogP contribution in [-0.4, -0.2) is 6.54 Å². The normalized spacial score (nSPS) is 12.7. The Labute approximate surface area is 89.8 Å². The molecular weight excluding hydrogens is 170 g/mol. The van der Waals surface area contributed by atoms with Gasteiger partial charge in [0, 0.05) is 0 Å². The fraction of sp³-hybridized carbons (Fsp3) is 0.846. The Bertz CT molecular complexity index is 120. The number of nitrogens with two attached hydrogens (primary N) is 1. The summed E-state index contributed by atoms with van der Waals surface area (Å²) in [7, 11) is 0. The molecule has 0 aromatic rings. The first kappa shape index (κ1) is 13.7. The summed E-state index contributed by atoms with van der Waals surface area (Å²) in [6, 6.07) is 0. The molecule has 0 aliphatic carbocycles. The van der Waals surface area contributed by atoms with E-state index >= 15 is 0 Å². The molecule has 1 heteroatoms. The van der Waals surface area contributed by atoms with Gasteiger partial charge in [-0.05, 0) is 31.7 Å². The van der Waals surface area contributed by atoms with E-state index in [0.29, 0.717) is 0 Å². The van der Waals surface area contributed by atoms with Gasteiger partial charge < -0.3 is 5.73 Å². The van der Waals surface area contributed by atoms with Crippen LogP contribution in [0.2, 0.25) is 0 Å². The smallest absolute Gasteiger partial charge is 0.00746 e. The lowest BCUT2D eigenvalue weighted by Gasteiger charge is -2.14. The van der Waals surface area contributed by atoms with E-state index in [1.165, 1.54) is 44.9 Å². The van der Waals surface area contributed by atoms with Gasteiger partial charge in [-0.1, -0.05) is 45.1 Å². The van der Waals surface area contributed by atoms with Crippen LogP contribution in [0.5, 0.6) is 0 Å². The second-order valence-corrected chi connectivity index (χ2v) is 4.16. The molecule has 0 bridgehead atoms. The van der Waals surface area contributed by atoms with Gasteiger partial charge in [0.1, 0.15) is 0 Å². The quantitative estimate of drug-likeness (QED) is 0.417. The zero-order valence-electron chi connectivity index (χ0n) is 9.80. The van der Waals surface area contributed by atoms with Gasteiger partial charge in [0.2, 0.25) is 0 Å². The van der Waals surface area contributed by atoms with Crippen LogP contribution in [0.1, 0.15) is 58.3 Å². The van der Waals surface area contributed by atoms with Crippen molar-refractivity contribution in [3.05, 3.63) is 12.7 Å². The first-order valence-corrected chi connectivity index (χ1v) is 6.16. The molecular formula is C13H27N. The van der Waals surface area contributed by atoms with Crippen molar-refractivity contribution in [2.75, 3.05) is 6.54 Å². The van der Waals surface area contributed by atoms with Crippen molar-refractivity contribution in [1.29, 1.82) is 0 Å². The van der Waals surface area contributed by atoms with Gasteiger partial charge in [-0.2, -0.15) is 0 Å². The summed E-state index contributed by atoms with van der Waals surface area (Å²) in [4.78, 5) is 0. The molecule has 1 atom stereocenters. The molecule has 0 aromatic carbocycles. The third-order valence-corrected chi connectivity index (χ3v) is 2.82. The lowest BCUT2D eigenvalue weighted by Crippen LogP contribution is -2.08. The van der Waals surface area contributed by atoms with Crippen LogP contribution in [0.3, 0.4) is 0 Å². The maximum atomic E-state index is 5.61. The van der Waals surface area contributed by atoms with E-state index in [0.717, 1.165) is 18.9 Å². The highest BCUT2D eigenvalue weighted by molar-refractivity contribution is 4.70. The number of hydrogen-bond donors (Lipinski definition) is 1. The average Bonchev–Trinajstić information content (AvgIpc) is 2.20. The molecule has 2 N–H and O–H groups in total. The number of hydrogen-bond acceptors (Lipinski definition) is 1. The Hall–Kier alpha value is -0.300. The zero-order valence-corrected chi connectivity index (χ0v) is 9.80. The molecule has 0 saturated heterocycles. The topological polar surface area (TPSA) is 26.0 Å².